The van der Waals surface area contributed by atoms with E-state index in [4.69, 9.17) is 5.73 Å². The van der Waals surface area contributed by atoms with Crippen LogP contribution < -0.4 is 15.8 Å². The molecular weight excluding hydrogens is 274 g/mol. The van der Waals surface area contributed by atoms with Gasteiger partial charge in [0, 0.05) is 12.6 Å². The Kier molecular flexibility index (Phi) is 4.15. The molecule has 1 fully saturated rings. The van der Waals surface area contributed by atoms with Gasteiger partial charge in [-0.05, 0) is 19.8 Å². The first-order valence-electron chi connectivity index (χ1n) is 5.77. The first-order chi connectivity index (χ1) is 8.47. The van der Waals surface area contributed by atoms with Gasteiger partial charge >= 0.3 is 0 Å². The van der Waals surface area contributed by atoms with Crippen LogP contribution in [0.4, 0.5) is 5.13 Å². The van der Waals surface area contributed by atoms with Gasteiger partial charge in [0.05, 0.1) is 11.8 Å². The topological polar surface area (TPSA) is 110 Å². The van der Waals surface area contributed by atoms with Crippen molar-refractivity contribution in [3.8, 4) is 0 Å². The zero-order valence-corrected chi connectivity index (χ0v) is 11.7. The van der Waals surface area contributed by atoms with Gasteiger partial charge in [-0.3, -0.25) is 0 Å². The number of rotatable bonds is 7. The number of nitrogen functional groups attached to an aromatic ring is 1. The third-order valence-electron chi connectivity index (χ3n) is 2.64. The largest absolute Gasteiger partial charge is 0.374 e. The van der Waals surface area contributed by atoms with Crippen LogP contribution in [0.3, 0.4) is 0 Å². The Morgan fingerprint density at radius 1 is 1.50 bits per heavy atom. The summed E-state index contributed by atoms with van der Waals surface area (Å²) in [7, 11) is -3.10. The maximum absolute atomic E-state index is 11.6. The maximum atomic E-state index is 11.6. The fraction of sp³-hybridized carbons (Fsp3) is 0.778. The molecule has 18 heavy (non-hydrogen) atoms. The number of hydrogen-bond acceptors (Lipinski definition) is 7. The lowest BCUT2D eigenvalue weighted by Crippen LogP contribution is -2.39. The van der Waals surface area contributed by atoms with Crippen LogP contribution in [0.1, 0.15) is 24.8 Å². The molecule has 1 aliphatic carbocycles. The molecule has 4 N–H and O–H groups in total. The molecule has 1 aromatic heterocycles. The number of hydrogen-bond donors (Lipinski definition) is 3. The molecule has 0 bridgehead atoms. The highest BCUT2D eigenvalue weighted by molar-refractivity contribution is 7.90. The Bertz CT molecular complexity index is 497. The molecule has 1 atom stereocenters. The van der Waals surface area contributed by atoms with Gasteiger partial charge in [-0.25, -0.2) is 13.1 Å². The number of aromatic nitrogens is 2. The number of sulfonamides is 1. The van der Waals surface area contributed by atoms with E-state index in [-0.39, 0.29) is 11.3 Å². The van der Waals surface area contributed by atoms with Gasteiger partial charge in [0.1, 0.15) is 5.01 Å². The summed E-state index contributed by atoms with van der Waals surface area (Å²) < 4.78 is 25.8. The number of anilines is 1. The highest BCUT2D eigenvalue weighted by Crippen LogP contribution is 2.27. The maximum Gasteiger partial charge on any atom is 0.214 e. The smallest absolute Gasteiger partial charge is 0.214 e. The lowest BCUT2D eigenvalue weighted by atomic mass is 10.3. The average molecular weight is 291 g/mol. The molecule has 0 radical (unpaired) electrons. The van der Waals surface area contributed by atoms with Crippen molar-refractivity contribution in [2.24, 2.45) is 0 Å². The van der Waals surface area contributed by atoms with E-state index < -0.39 is 10.0 Å². The summed E-state index contributed by atoms with van der Waals surface area (Å²) in [6, 6.07) is 0.0312. The minimum absolute atomic E-state index is 0.0312. The lowest BCUT2D eigenvalue weighted by Gasteiger charge is -2.13. The molecule has 1 aromatic rings. The van der Waals surface area contributed by atoms with Crippen LogP contribution in [0.5, 0.6) is 0 Å². The first-order valence-corrected chi connectivity index (χ1v) is 8.13. The van der Waals surface area contributed by atoms with Crippen molar-refractivity contribution in [2.75, 3.05) is 12.3 Å². The van der Waals surface area contributed by atoms with Crippen molar-refractivity contribution >= 4 is 26.5 Å². The molecular formula is C9H17N5O2S2. The van der Waals surface area contributed by atoms with E-state index in [9.17, 15) is 8.42 Å². The highest BCUT2D eigenvalue weighted by Gasteiger charge is 2.35. The minimum Gasteiger partial charge on any atom is -0.374 e. The summed E-state index contributed by atoms with van der Waals surface area (Å²) in [4.78, 5) is 0. The van der Waals surface area contributed by atoms with Crippen molar-refractivity contribution < 1.29 is 8.42 Å². The van der Waals surface area contributed by atoms with Crippen LogP contribution in [0, 0.1) is 0 Å². The van der Waals surface area contributed by atoms with Crippen molar-refractivity contribution in [3.63, 3.8) is 0 Å². The first kappa shape index (κ1) is 13.7. The molecule has 102 valence electrons. The highest BCUT2D eigenvalue weighted by atomic mass is 32.2. The van der Waals surface area contributed by atoms with Gasteiger partial charge < -0.3 is 11.1 Å². The molecule has 0 saturated heterocycles. The van der Waals surface area contributed by atoms with Crippen LogP contribution in [0.15, 0.2) is 0 Å². The van der Waals surface area contributed by atoms with Crippen molar-refractivity contribution in [1.82, 2.24) is 20.2 Å². The summed E-state index contributed by atoms with van der Waals surface area (Å²) in [5.41, 5.74) is 5.47. The zero-order chi connectivity index (χ0) is 13.2. The second-order valence-electron chi connectivity index (χ2n) is 4.41. The van der Waals surface area contributed by atoms with Gasteiger partial charge in [-0.1, -0.05) is 11.3 Å². The molecule has 1 heterocycles. The molecule has 0 amide bonds. The summed E-state index contributed by atoms with van der Waals surface area (Å²) in [6.45, 7) is 2.84. The Balaban J connectivity index is 1.70. The molecule has 2 rings (SSSR count). The number of nitrogens with two attached hydrogens (primary N) is 1. The van der Waals surface area contributed by atoms with Crippen LogP contribution >= 0.6 is 11.3 Å². The fourth-order valence-corrected chi connectivity index (χ4v) is 3.44. The quantitative estimate of drug-likeness (QED) is 0.635. The Labute approximate surface area is 110 Å². The van der Waals surface area contributed by atoms with E-state index in [0.717, 1.165) is 17.8 Å². The van der Waals surface area contributed by atoms with Crippen molar-refractivity contribution in [3.05, 3.63) is 5.01 Å². The second kappa shape index (κ2) is 5.47. The molecule has 0 aromatic carbocycles. The Morgan fingerprint density at radius 3 is 2.78 bits per heavy atom. The third kappa shape index (κ3) is 3.87. The molecule has 0 unspecified atom stereocenters. The Morgan fingerprint density at radius 2 is 2.22 bits per heavy atom. The van der Waals surface area contributed by atoms with E-state index in [1.165, 1.54) is 11.3 Å². The Hall–Kier alpha value is -0.770. The average Bonchev–Trinajstić information content (AvgIpc) is 3.09. The standard InChI is InChI=1S/C9H17N5O2S2/c1-6(4-12-18(15,16)7-2-3-7)11-5-8-13-14-9(10)17-8/h6-7,11-12H,2-5H2,1H3,(H2,10,14)/t6-/m0/s1. The third-order valence-corrected chi connectivity index (χ3v) is 5.31. The number of nitrogens with one attached hydrogen (secondary N) is 2. The molecule has 1 aliphatic rings. The van der Waals surface area contributed by atoms with E-state index in [2.05, 4.69) is 20.2 Å². The second-order valence-corrected chi connectivity index (χ2v) is 7.55. The van der Waals surface area contributed by atoms with Crippen LogP contribution in [0.25, 0.3) is 0 Å². The van der Waals surface area contributed by atoms with E-state index in [1.54, 1.807) is 0 Å². The number of nitrogens with zero attached hydrogens (tertiary/aromatic N) is 2. The molecule has 1 saturated carbocycles. The van der Waals surface area contributed by atoms with Gasteiger partial charge in [0.25, 0.3) is 0 Å². The normalized spacial score (nSPS) is 17.8. The fourth-order valence-electron chi connectivity index (χ4n) is 1.41. The predicted molar refractivity (Wildman–Crippen MR) is 70.6 cm³/mol. The van der Waals surface area contributed by atoms with E-state index in [0.29, 0.717) is 18.2 Å². The summed E-state index contributed by atoms with van der Waals surface area (Å²) in [5.74, 6) is 0. The van der Waals surface area contributed by atoms with Gasteiger partial charge in [-0.15, -0.1) is 10.2 Å². The molecule has 7 nitrogen and oxygen atoms in total. The van der Waals surface area contributed by atoms with Crippen molar-refractivity contribution in [2.45, 2.75) is 37.6 Å². The predicted octanol–water partition coefficient (Wildman–Crippen LogP) is -0.320. The SMILES string of the molecule is C[C@@H](CNS(=O)(=O)C1CC1)NCc1nnc(N)s1. The monoisotopic (exact) mass is 291 g/mol. The van der Waals surface area contributed by atoms with Crippen LogP contribution in [-0.4, -0.2) is 36.5 Å². The summed E-state index contributed by atoms with van der Waals surface area (Å²) >= 11 is 1.32. The van der Waals surface area contributed by atoms with Gasteiger partial charge in [0.15, 0.2) is 0 Å². The summed E-state index contributed by atoms with van der Waals surface area (Å²) in [6.07, 6.45) is 1.56. The van der Waals surface area contributed by atoms with E-state index >= 15 is 0 Å². The van der Waals surface area contributed by atoms with E-state index in [1.807, 2.05) is 6.92 Å². The van der Waals surface area contributed by atoms with Gasteiger partial charge in [0.2, 0.25) is 15.2 Å². The van der Waals surface area contributed by atoms with Crippen molar-refractivity contribution in [1.29, 1.82) is 0 Å². The lowest BCUT2D eigenvalue weighted by molar-refractivity contribution is 0.522. The summed E-state index contributed by atoms with van der Waals surface area (Å²) in [5, 5.41) is 11.8. The molecule has 9 heteroatoms. The zero-order valence-electron chi connectivity index (χ0n) is 10.1. The molecule has 0 aliphatic heterocycles. The van der Waals surface area contributed by atoms with Gasteiger partial charge in [-0.2, -0.15) is 0 Å². The minimum atomic E-state index is -3.10. The van der Waals surface area contributed by atoms with Crippen LogP contribution in [-0.2, 0) is 16.6 Å². The van der Waals surface area contributed by atoms with Crippen LogP contribution in [0.2, 0.25) is 0 Å². The molecule has 0 spiro atoms.